The summed E-state index contributed by atoms with van der Waals surface area (Å²) < 4.78 is 6.45. The van der Waals surface area contributed by atoms with Gasteiger partial charge in [0, 0.05) is 24.5 Å². The number of amides is 1. The minimum absolute atomic E-state index is 0.0718. The predicted octanol–water partition coefficient (Wildman–Crippen LogP) is 5.23. The molecule has 4 nitrogen and oxygen atoms in total. The molecule has 30 heavy (non-hydrogen) atoms. The molecule has 0 aromatic heterocycles. The Bertz CT molecular complexity index is 1140. The van der Waals surface area contributed by atoms with Crippen molar-refractivity contribution in [2.75, 3.05) is 0 Å². The Morgan fingerprint density at radius 1 is 0.933 bits per heavy atom. The quantitative estimate of drug-likeness (QED) is 0.610. The van der Waals surface area contributed by atoms with Crippen LogP contribution in [0.5, 0.6) is 5.75 Å². The number of carbonyl (C=O) groups excluding carboxylic acids is 1. The Kier molecular flexibility index (Phi) is 4.68. The van der Waals surface area contributed by atoms with Gasteiger partial charge in [0.2, 0.25) is 5.91 Å². The van der Waals surface area contributed by atoms with Crippen LogP contribution in [-0.2, 0) is 4.79 Å². The van der Waals surface area contributed by atoms with Crippen LogP contribution < -0.4 is 4.74 Å². The molecule has 2 atom stereocenters. The van der Waals surface area contributed by atoms with E-state index in [4.69, 9.17) is 9.84 Å². The van der Waals surface area contributed by atoms with Crippen LogP contribution in [0.25, 0.3) is 6.08 Å². The molecule has 148 valence electrons. The van der Waals surface area contributed by atoms with Crippen molar-refractivity contribution in [3.63, 3.8) is 0 Å². The van der Waals surface area contributed by atoms with E-state index >= 15 is 0 Å². The molecule has 0 N–H and O–H groups in total. The SMILES string of the molecule is CC(=O)N1N=C(c2ccccc2)CC1C1=Cc2ccccc2OC1c1ccccc1. The summed E-state index contributed by atoms with van der Waals surface area (Å²) in [7, 11) is 0. The predicted molar refractivity (Wildman–Crippen MR) is 118 cm³/mol. The maximum Gasteiger partial charge on any atom is 0.240 e. The second-order valence-electron chi connectivity index (χ2n) is 7.59. The van der Waals surface area contributed by atoms with E-state index < -0.39 is 0 Å². The molecule has 5 rings (SSSR count). The fraction of sp³-hybridized carbons (Fsp3) is 0.154. The van der Waals surface area contributed by atoms with Gasteiger partial charge in [0.15, 0.2) is 0 Å². The largest absolute Gasteiger partial charge is 0.481 e. The molecule has 0 saturated heterocycles. The molecule has 2 aliphatic rings. The molecule has 2 aliphatic heterocycles. The van der Waals surface area contributed by atoms with E-state index in [0.29, 0.717) is 6.42 Å². The van der Waals surface area contributed by atoms with Gasteiger partial charge in [0.25, 0.3) is 0 Å². The first-order valence-corrected chi connectivity index (χ1v) is 10.2. The summed E-state index contributed by atoms with van der Waals surface area (Å²) in [4.78, 5) is 12.5. The Morgan fingerprint density at radius 2 is 1.60 bits per heavy atom. The maximum atomic E-state index is 12.5. The lowest BCUT2D eigenvalue weighted by Crippen LogP contribution is -2.36. The fourth-order valence-corrected chi connectivity index (χ4v) is 4.18. The van der Waals surface area contributed by atoms with Gasteiger partial charge in [0.1, 0.15) is 11.9 Å². The van der Waals surface area contributed by atoms with E-state index in [1.54, 1.807) is 11.9 Å². The Balaban J connectivity index is 1.59. The van der Waals surface area contributed by atoms with E-state index in [1.165, 1.54) is 0 Å². The number of para-hydroxylation sites is 1. The van der Waals surface area contributed by atoms with Crippen LogP contribution in [-0.4, -0.2) is 22.7 Å². The normalized spacial score (nSPS) is 20.1. The standard InChI is InChI=1S/C26H22N2O2/c1-18(29)28-24(17-23(27-28)19-10-4-2-5-11-19)22-16-21-14-8-9-15-25(21)30-26(22)20-12-6-3-7-13-20/h2-16,24,26H,17H2,1H3. The smallest absolute Gasteiger partial charge is 0.240 e. The van der Waals surface area contributed by atoms with Crippen molar-refractivity contribution in [2.45, 2.75) is 25.5 Å². The first-order valence-electron chi connectivity index (χ1n) is 10.2. The van der Waals surface area contributed by atoms with Crippen LogP contribution in [0.1, 0.15) is 36.1 Å². The van der Waals surface area contributed by atoms with E-state index in [1.807, 2.05) is 72.8 Å². The Hall–Kier alpha value is -3.66. The lowest BCUT2D eigenvalue weighted by molar-refractivity contribution is -0.129. The summed E-state index contributed by atoms with van der Waals surface area (Å²) >= 11 is 0. The lowest BCUT2D eigenvalue weighted by atomic mass is 9.88. The van der Waals surface area contributed by atoms with Gasteiger partial charge in [0.05, 0.1) is 11.8 Å². The van der Waals surface area contributed by atoms with Gasteiger partial charge in [-0.15, -0.1) is 0 Å². The first kappa shape index (κ1) is 18.4. The molecule has 0 radical (unpaired) electrons. The van der Waals surface area contributed by atoms with Crippen LogP contribution in [0.2, 0.25) is 0 Å². The molecule has 4 heteroatoms. The molecule has 1 amide bonds. The molecule has 0 saturated carbocycles. The fourth-order valence-electron chi connectivity index (χ4n) is 4.18. The van der Waals surface area contributed by atoms with Crippen molar-refractivity contribution in [1.29, 1.82) is 0 Å². The monoisotopic (exact) mass is 394 g/mol. The Morgan fingerprint density at radius 3 is 2.33 bits per heavy atom. The summed E-state index contributed by atoms with van der Waals surface area (Å²) in [6.07, 6.45) is 2.56. The average Bonchev–Trinajstić information content (AvgIpc) is 3.25. The highest BCUT2D eigenvalue weighted by atomic mass is 16.5. The number of fused-ring (bicyclic) bond motifs is 1. The first-order chi connectivity index (χ1) is 14.7. The Labute approximate surface area is 176 Å². The van der Waals surface area contributed by atoms with Gasteiger partial charge in [-0.2, -0.15) is 5.10 Å². The zero-order valence-corrected chi connectivity index (χ0v) is 16.7. The van der Waals surface area contributed by atoms with E-state index in [-0.39, 0.29) is 18.1 Å². The van der Waals surface area contributed by atoms with E-state index in [2.05, 4.69) is 18.2 Å². The number of ether oxygens (including phenoxy) is 1. The zero-order chi connectivity index (χ0) is 20.5. The minimum Gasteiger partial charge on any atom is -0.481 e. The van der Waals surface area contributed by atoms with Crippen molar-refractivity contribution in [3.05, 3.63) is 107 Å². The van der Waals surface area contributed by atoms with Crippen molar-refractivity contribution in [2.24, 2.45) is 5.10 Å². The third-order valence-electron chi connectivity index (χ3n) is 5.62. The summed E-state index contributed by atoms with van der Waals surface area (Å²) in [5, 5.41) is 6.32. The van der Waals surface area contributed by atoms with Crippen molar-refractivity contribution >= 4 is 17.7 Å². The molecule has 0 spiro atoms. The van der Waals surface area contributed by atoms with Gasteiger partial charge >= 0.3 is 0 Å². The number of nitrogens with zero attached hydrogens (tertiary/aromatic N) is 2. The number of hydrazone groups is 1. The second kappa shape index (κ2) is 7.64. The van der Waals surface area contributed by atoms with Gasteiger partial charge in [-0.3, -0.25) is 4.79 Å². The number of carbonyl (C=O) groups is 1. The number of hydrogen-bond acceptors (Lipinski definition) is 3. The minimum atomic E-state index is -0.265. The number of hydrogen-bond donors (Lipinski definition) is 0. The molecule has 0 fully saturated rings. The molecule has 2 heterocycles. The van der Waals surface area contributed by atoms with Crippen molar-refractivity contribution in [1.82, 2.24) is 5.01 Å². The van der Waals surface area contributed by atoms with Crippen LogP contribution in [0.3, 0.4) is 0 Å². The van der Waals surface area contributed by atoms with Gasteiger partial charge in [-0.05, 0) is 23.3 Å². The summed E-state index contributed by atoms with van der Waals surface area (Å²) in [5.74, 6) is 0.782. The van der Waals surface area contributed by atoms with E-state index in [0.717, 1.165) is 33.7 Å². The molecule has 3 aromatic rings. The average molecular weight is 394 g/mol. The van der Waals surface area contributed by atoms with Gasteiger partial charge in [-0.25, -0.2) is 5.01 Å². The third kappa shape index (κ3) is 3.30. The second-order valence-corrected chi connectivity index (χ2v) is 7.59. The molecule has 3 aromatic carbocycles. The summed E-state index contributed by atoms with van der Waals surface area (Å²) in [6, 6.07) is 28.0. The highest BCUT2D eigenvalue weighted by Crippen LogP contribution is 2.42. The van der Waals surface area contributed by atoms with Crippen LogP contribution in [0.4, 0.5) is 0 Å². The van der Waals surface area contributed by atoms with Crippen LogP contribution >= 0.6 is 0 Å². The van der Waals surface area contributed by atoms with Crippen LogP contribution in [0, 0.1) is 0 Å². The maximum absolute atomic E-state index is 12.5. The van der Waals surface area contributed by atoms with Crippen molar-refractivity contribution in [3.8, 4) is 5.75 Å². The summed E-state index contributed by atoms with van der Waals surface area (Å²) in [5.41, 5.74) is 5.10. The highest BCUT2D eigenvalue weighted by molar-refractivity contribution is 6.03. The number of rotatable bonds is 3. The highest BCUT2D eigenvalue weighted by Gasteiger charge is 2.38. The molecule has 2 unspecified atom stereocenters. The summed E-state index contributed by atoms with van der Waals surface area (Å²) in [6.45, 7) is 1.57. The van der Waals surface area contributed by atoms with Crippen LogP contribution in [0.15, 0.2) is 95.6 Å². The zero-order valence-electron chi connectivity index (χ0n) is 16.7. The molecular formula is C26H22N2O2. The number of benzene rings is 3. The lowest BCUT2D eigenvalue weighted by Gasteiger charge is -2.33. The van der Waals surface area contributed by atoms with Crippen molar-refractivity contribution < 1.29 is 9.53 Å². The van der Waals surface area contributed by atoms with E-state index in [9.17, 15) is 4.79 Å². The third-order valence-corrected chi connectivity index (χ3v) is 5.62. The topological polar surface area (TPSA) is 41.9 Å². The molecule has 0 aliphatic carbocycles. The molecular weight excluding hydrogens is 372 g/mol. The van der Waals surface area contributed by atoms with Gasteiger partial charge < -0.3 is 4.74 Å². The molecule has 0 bridgehead atoms. The van der Waals surface area contributed by atoms with Gasteiger partial charge in [-0.1, -0.05) is 78.9 Å².